The lowest BCUT2D eigenvalue weighted by Crippen LogP contribution is -3.00. The topological polar surface area (TPSA) is 55.4 Å². The van der Waals surface area contributed by atoms with Crippen molar-refractivity contribution in [3.63, 3.8) is 0 Å². The van der Waals surface area contributed by atoms with E-state index in [4.69, 9.17) is 28.4 Å². The lowest BCUT2D eigenvalue weighted by Gasteiger charge is -2.60. The quantitative estimate of drug-likeness (QED) is 0.217. The summed E-state index contributed by atoms with van der Waals surface area (Å²) in [5, 5.41) is 0. The van der Waals surface area contributed by atoms with Gasteiger partial charge in [0.25, 0.3) is 0 Å². The smallest absolute Gasteiger partial charge is 0.161 e. The Balaban J connectivity index is 0.00000442. The van der Waals surface area contributed by atoms with E-state index >= 15 is 0 Å². The largest absolute Gasteiger partial charge is 1.00 e. The van der Waals surface area contributed by atoms with Gasteiger partial charge in [-0.2, -0.15) is 0 Å². The molecule has 246 valence electrons. The Bertz CT molecular complexity index is 1250. The van der Waals surface area contributed by atoms with E-state index in [1.807, 2.05) is 12.1 Å². The van der Waals surface area contributed by atoms with E-state index in [-0.39, 0.29) is 17.0 Å². The van der Waals surface area contributed by atoms with Crippen LogP contribution in [0, 0.1) is 23.2 Å². The summed E-state index contributed by atoms with van der Waals surface area (Å²) < 4.78 is 36.8. The Hall–Kier alpha value is -1.52. The minimum atomic E-state index is 0. The molecule has 3 aliphatic carbocycles. The molecule has 6 rings (SSSR count). The number of halogens is 2. The van der Waals surface area contributed by atoms with Gasteiger partial charge in [0.1, 0.15) is 26.2 Å². The first kappa shape index (κ1) is 35.3. The third-order valence-corrected chi connectivity index (χ3v) is 11.6. The summed E-state index contributed by atoms with van der Waals surface area (Å²) in [7, 11) is 6.73. The number of benzene rings is 2. The second-order valence-electron chi connectivity index (χ2n) is 13.3. The number of rotatable bonds is 14. The van der Waals surface area contributed by atoms with Gasteiger partial charge < -0.3 is 49.9 Å². The second kappa shape index (κ2) is 15.4. The van der Waals surface area contributed by atoms with Crippen molar-refractivity contribution in [1.82, 2.24) is 0 Å². The van der Waals surface area contributed by atoms with Crippen LogP contribution in [-0.2, 0) is 22.4 Å². The number of ether oxygens (including phenoxy) is 6. The molecule has 3 atom stereocenters. The number of morpholine rings is 1. The molecular weight excluding hydrogens is 690 g/mol. The highest BCUT2D eigenvalue weighted by molar-refractivity contribution is 9.10. The van der Waals surface area contributed by atoms with Gasteiger partial charge in [0, 0.05) is 16.6 Å². The van der Waals surface area contributed by atoms with Crippen LogP contribution in [0.1, 0.15) is 56.2 Å². The molecule has 7 nitrogen and oxygen atoms in total. The fraction of sp³-hybridized carbons (Fsp3) is 0.657. The number of methoxy groups -OCH3 is 4. The number of quaternary nitrogens is 1. The zero-order chi connectivity index (χ0) is 30.6. The molecule has 0 amide bonds. The van der Waals surface area contributed by atoms with Gasteiger partial charge in [-0.15, -0.1) is 0 Å². The Labute approximate surface area is 283 Å². The van der Waals surface area contributed by atoms with E-state index in [9.17, 15) is 0 Å². The van der Waals surface area contributed by atoms with E-state index in [2.05, 4.69) is 41.9 Å². The molecule has 1 aliphatic heterocycles. The van der Waals surface area contributed by atoms with Gasteiger partial charge in [-0.1, -0.05) is 29.8 Å². The summed E-state index contributed by atoms with van der Waals surface area (Å²) in [6.45, 7) is 11.9. The molecule has 0 N–H and O–H groups in total. The van der Waals surface area contributed by atoms with Gasteiger partial charge in [0.05, 0.1) is 48.3 Å². The average Bonchev–Trinajstić information content (AvgIpc) is 3.02. The van der Waals surface area contributed by atoms with E-state index in [0.717, 1.165) is 96.4 Å². The molecule has 0 spiro atoms. The summed E-state index contributed by atoms with van der Waals surface area (Å²) >= 11 is 3.77. The minimum absolute atomic E-state index is 0. The third kappa shape index (κ3) is 7.54. The molecule has 4 aliphatic rings. The van der Waals surface area contributed by atoms with Crippen LogP contribution in [0.15, 0.2) is 28.7 Å². The molecule has 4 fully saturated rings. The highest BCUT2D eigenvalue weighted by Gasteiger charge is 2.53. The summed E-state index contributed by atoms with van der Waals surface area (Å²) in [6, 6.07) is 8.31. The highest BCUT2D eigenvalue weighted by Crippen LogP contribution is 2.62. The van der Waals surface area contributed by atoms with Crippen molar-refractivity contribution < 1.29 is 49.9 Å². The van der Waals surface area contributed by atoms with Crippen LogP contribution in [0.3, 0.4) is 0 Å². The third-order valence-electron chi connectivity index (χ3n) is 10.9. The highest BCUT2D eigenvalue weighted by atomic mass is 79.9. The van der Waals surface area contributed by atoms with Crippen LogP contribution < -0.4 is 35.9 Å². The predicted octanol–water partition coefficient (Wildman–Crippen LogP) is 3.90. The van der Waals surface area contributed by atoms with Gasteiger partial charge in [-0.25, -0.2) is 0 Å². The van der Waals surface area contributed by atoms with Crippen molar-refractivity contribution in [2.45, 2.75) is 52.5 Å². The maximum absolute atomic E-state index is 6.37. The van der Waals surface area contributed by atoms with Crippen molar-refractivity contribution in [3.05, 3.63) is 45.4 Å². The molecule has 0 aromatic heterocycles. The number of nitrogens with zero attached hydrogens (tertiary/aromatic N) is 1. The van der Waals surface area contributed by atoms with Gasteiger partial charge in [-0.3, -0.25) is 0 Å². The fourth-order valence-corrected chi connectivity index (χ4v) is 8.43. The molecule has 2 aromatic rings. The molecule has 2 bridgehead atoms. The van der Waals surface area contributed by atoms with E-state index in [0.29, 0.717) is 23.3 Å². The Morgan fingerprint density at radius 3 is 2.00 bits per heavy atom. The van der Waals surface area contributed by atoms with Gasteiger partial charge in [0.2, 0.25) is 0 Å². The maximum atomic E-state index is 6.37. The maximum Gasteiger partial charge on any atom is 0.161 e. The number of hydrogen-bond donors (Lipinski definition) is 0. The van der Waals surface area contributed by atoms with Crippen LogP contribution in [-0.4, -0.2) is 79.0 Å². The van der Waals surface area contributed by atoms with E-state index in [1.165, 1.54) is 36.8 Å². The first-order chi connectivity index (χ1) is 20.7. The first-order valence-electron chi connectivity index (χ1n) is 15.9. The van der Waals surface area contributed by atoms with Crippen molar-refractivity contribution in [1.29, 1.82) is 0 Å². The van der Waals surface area contributed by atoms with Crippen LogP contribution in [0.5, 0.6) is 23.0 Å². The van der Waals surface area contributed by atoms with Crippen molar-refractivity contribution in [3.8, 4) is 23.0 Å². The van der Waals surface area contributed by atoms with Gasteiger partial charge >= 0.3 is 0 Å². The molecule has 3 unspecified atom stereocenters. The Morgan fingerprint density at radius 1 is 0.818 bits per heavy atom. The zero-order valence-electron chi connectivity index (χ0n) is 27.4. The monoisotopic (exact) mass is 739 g/mol. The standard InChI is InChI=1S/C35H51BrNO6.BrH/c1-35(2)28-8-7-24(29(35)21-28)9-13-42-14-10-37(11-15-43-16-12-37)23-27-20-33(40-5)31(38-3)18-25(27)17-26-19-32(39-4)34(41-6)22-30(26)36;/h18-20,22,24,28-29H,7-17,21,23H2,1-6H3;1H/q+1;/p-1. The molecule has 1 saturated heterocycles. The van der Waals surface area contributed by atoms with Crippen molar-refractivity contribution >= 4 is 15.9 Å². The number of fused-ring (bicyclic) bond motifs is 2. The molecule has 1 heterocycles. The van der Waals surface area contributed by atoms with Crippen LogP contribution in [0.4, 0.5) is 0 Å². The summed E-state index contributed by atoms with van der Waals surface area (Å²) in [6.07, 6.45) is 6.14. The molecule has 0 radical (unpaired) electrons. The van der Waals surface area contributed by atoms with Gasteiger partial charge in [0.15, 0.2) is 23.0 Å². The number of hydrogen-bond acceptors (Lipinski definition) is 6. The Morgan fingerprint density at radius 2 is 1.41 bits per heavy atom. The van der Waals surface area contributed by atoms with E-state index in [1.54, 1.807) is 28.4 Å². The SMILES string of the molecule is COc1cc(Br)c(Cc2cc(OC)c(OC)cc2C[N+]2(CCOCCC3CCC4CC3C4(C)C)CCOCC2)cc1OC.[Br-]. The van der Waals surface area contributed by atoms with Crippen molar-refractivity contribution in [2.24, 2.45) is 23.2 Å². The summed E-state index contributed by atoms with van der Waals surface area (Å²) in [4.78, 5) is 0. The average molecular weight is 742 g/mol. The predicted molar refractivity (Wildman–Crippen MR) is 173 cm³/mol. The second-order valence-corrected chi connectivity index (χ2v) is 14.2. The zero-order valence-corrected chi connectivity index (χ0v) is 30.6. The fourth-order valence-electron chi connectivity index (χ4n) is 7.97. The normalized spacial score (nSPS) is 23.2. The van der Waals surface area contributed by atoms with Crippen LogP contribution in [0.25, 0.3) is 0 Å². The van der Waals surface area contributed by atoms with E-state index < -0.39 is 0 Å². The molecule has 9 heteroatoms. The molecular formula is C35H51Br2NO6. The van der Waals surface area contributed by atoms with Gasteiger partial charge in [-0.05, 0) is 90.7 Å². The van der Waals surface area contributed by atoms with Crippen LogP contribution in [0.2, 0.25) is 0 Å². The van der Waals surface area contributed by atoms with Crippen LogP contribution >= 0.6 is 15.9 Å². The first-order valence-corrected chi connectivity index (χ1v) is 16.7. The molecule has 44 heavy (non-hydrogen) atoms. The molecule has 3 saturated carbocycles. The lowest BCUT2D eigenvalue weighted by molar-refractivity contribution is -0.947. The summed E-state index contributed by atoms with van der Waals surface area (Å²) in [5.74, 6) is 5.58. The van der Waals surface area contributed by atoms with Crippen molar-refractivity contribution in [2.75, 3.05) is 74.5 Å². The minimum Gasteiger partial charge on any atom is -1.00 e. The lowest BCUT2D eigenvalue weighted by atomic mass is 9.45. The molecule has 2 aromatic carbocycles. The summed E-state index contributed by atoms with van der Waals surface area (Å²) in [5.41, 5.74) is 4.11. The Kier molecular flexibility index (Phi) is 12.4.